The maximum Gasteiger partial charge on any atom is 0.108 e. The van der Waals surface area contributed by atoms with Crippen molar-refractivity contribution >= 4 is 28.0 Å². The van der Waals surface area contributed by atoms with Crippen LogP contribution < -0.4 is 21.9 Å². The van der Waals surface area contributed by atoms with E-state index < -0.39 is 6.15 Å². The fourth-order valence-corrected chi connectivity index (χ4v) is 6.43. The average molecular weight is 488 g/mol. The van der Waals surface area contributed by atoms with Gasteiger partial charge in [-0.25, -0.2) is 0 Å². The minimum Gasteiger partial charge on any atom is -0.195 e. The van der Waals surface area contributed by atoms with Gasteiger partial charge in [0, 0.05) is 0 Å². The van der Waals surface area contributed by atoms with Gasteiger partial charge in [0.05, 0.1) is 0 Å². The van der Waals surface area contributed by atoms with Gasteiger partial charge in [0.15, 0.2) is 0 Å². The third-order valence-corrected chi connectivity index (χ3v) is 9.80. The highest BCUT2D eigenvalue weighted by atomic mass is 14.2. The minimum atomic E-state index is -1.43. The molecule has 0 bridgehead atoms. The standard InChI is InChI=1S/C36H44B/c1-21-13-33(14-22(2)29(21)9)37(34-15-23(3)30(10)24(4)16-34,35-17-25(5)31(11)26(6)18-35)36-19-27(7)32(12)28(8)20-36/h13-20H,1-12H3/q-1. The molecule has 4 aromatic carbocycles. The summed E-state index contributed by atoms with van der Waals surface area (Å²) < 4.78 is 0. The van der Waals surface area contributed by atoms with Gasteiger partial charge in [0.25, 0.3) is 0 Å². The van der Waals surface area contributed by atoms with Gasteiger partial charge in [0.1, 0.15) is 6.15 Å². The Morgan fingerprint density at radius 2 is 0.405 bits per heavy atom. The van der Waals surface area contributed by atoms with Crippen LogP contribution in [0.25, 0.3) is 0 Å². The van der Waals surface area contributed by atoms with E-state index >= 15 is 0 Å². The van der Waals surface area contributed by atoms with E-state index in [1.807, 2.05) is 0 Å². The van der Waals surface area contributed by atoms with Crippen LogP contribution in [-0.2, 0) is 0 Å². The Bertz CT molecular complexity index is 1210. The molecule has 0 amide bonds. The van der Waals surface area contributed by atoms with E-state index in [1.165, 1.54) is 88.6 Å². The van der Waals surface area contributed by atoms with Crippen LogP contribution in [0.2, 0.25) is 0 Å². The third kappa shape index (κ3) is 4.37. The summed E-state index contributed by atoms with van der Waals surface area (Å²) in [6.07, 6.45) is -1.43. The Balaban J connectivity index is 2.33. The Hall–Kier alpha value is -3.06. The summed E-state index contributed by atoms with van der Waals surface area (Å²) >= 11 is 0. The first kappa shape index (κ1) is 27.0. The van der Waals surface area contributed by atoms with E-state index in [2.05, 4.69) is 132 Å². The lowest BCUT2D eigenvalue weighted by atomic mass is 9.12. The average Bonchev–Trinajstić information content (AvgIpc) is 2.83. The summed E-state index contributed by atoms with van der Waals surface area (Å²) in [6, 6.07) is 19.8. The molecule has 0 aliphatic carbocycles. The van der Waals surface area contributed by atoms with E-state index in [1.54, 1.807) is 0 Å². The van der Waals surface area contributed by atoms with Crippen molar-refractivity contribution in [3.63, 3.8) is 0 Å². The molecular formula is C36H44B-. The maximum atomic E-state index is 2.47. The molecule has 1 heteroatoms. The van der Waals surface area contributed by atoms with Gasteiger partial charge in [-0.15, -0.1) is 0 Å². The lowest BCUT2D eigenvalue weighted by Gasteiger charge is -2.46. The smallest absolute Gasteiger partial charge is 0.108 e. The molecule has 0 spiro atoms. The Morgan fingerprint density at radius 3 is 0.541 bits per heavy atom. The number of benzene rings is 4. The van der Waals surface area contributed by atoms with Crippen molar-refractivity contribution in [2.24, 2.45) is 0 Å². The number of aryl methyl sites for hydroxylation is 8. The van der Waals surface area contributed by atoms with E-state index in [-0.39, 0.29) is 0 Å². The van der Waals surface area contributed by atoms with Gasteiger partial charge < -0.3 is 0 Å². The first-order valence-electron chi connectivity index (χ1n) is 13.8. The van der Waals surface area contributed by atoms with Gasteiger partial charge in [-0.1, -0.05) is 93.0 Å². The highest BCUT2D eigenvalue weighted by Gasteiger charge is 2.34. The van der Waals surface area contributed by atoms with Crippen LogP contribution in [0.15, 0.2) is 48.5 Å². The maximum absolute atomic E-state index is 2.47. The Morgan fingerprint density at radius 1 is 0.270 bits per heavy atom. The van der Waals surface area contributed by atoms with Crippen molar-refractivity contribution in [1.29, 1.82) is 0 Å². The van der Waals surface area contributed by atoms with Crippen molar-refractivity contribution in [3.05, 3.63) is 115 Å². The summed E-state index contributed by atoms with van der Waals surface area (Å²) in [5.74, 6) is 0. The summed E-state index contributed by atoms with van der Waals surface area (Å²) in [6.45, 7) is 27.2. The van der Waals surface area contributed by atoms with Crippen molar-refractivity contribution in [2.75, 3.05) is 0 Å². The molecule has 0 N–H and O–H groups in total. The first-order valence-corrected chi connectivity index (χ1v) is 13.8. The largest absolute Gasteiger partial charge is 0.195 e. The van der Waals surface area contributed by atoms with E-state index in [4.69, 9.17) is 0 Å². The van der Waals surface area contributed by atoms with Crippen LogP contribution in [0.1, 0.15) is 66.8 Å². The predicted octanol–water partition coefficient (Wildman–Crippen LogP) is 6.77. The fourth-order valence-electron chi connectivity index (χ4n) is 6.43. The van der Waals surface area contributed by atoms with Gasteiger partial charge in [-0.05, 0) is 105 Å². The van der Waals surface area contributed by atoms with Crippen molar-refractivity contribution in [3.8, 4) is 0 Å². The van der Waals surface area contributed by atoms with Crippen LogP contribution in [0.4, 0.5) is 0 Å². The molecule has 192 valence electrons. The molecule has 4 rings (SSSR count). The second-order valence-electron chi connectivity index (χ2n) is 12.0. The SMILES string of the molecule is Cc1cc([B-](c2cc(C)c(C)c(C)c2)(c2cc(C)c(C)c(C)c2)c2cc(C)c(C)c(C)c2)cc(C)c1C. The lowest BCUT2D eigenvalue weighted by Crippen LogP contribution is -2.75. The molecule has 0 saturated heterocycles. The van der Waals surface area contributed by atoms with Crippen LogP contribution >= 0.6 is 0 Å². The molecule has 0 aliphatic heterocycles. The molecular weight excluding hydrogens is 443 g/mol. The van der Waals surface area contributed by atoms with Gasteiger partial charge >= 0.3 is 0 Å². The summed E-state index contributed by atoms with van der Waals surface area (Å²) in [4.78, 5) is 0. The minimum absolute atomic E-state index is 1.36. The molecule has 0 saturated carbocycles. The molecule has 0 aromatic heterocycles. The van der Waals surface area contributed by atoms with E-state index in [9.17, 15) is 0 Å². The summed E-state index contributed by atoms with van der Waals surface area (Å²) in [5, 5.41) is 0. The lowest BCUT2D eigenvalue weighted by molar-refractivity contribution is 1.26. The monoisotopic (exact) mass is 487 g/mol. The normalized spacial score (nSPS) is 11.8. The van der Waals surface area contributed by atoms with Crippen LogP contribution in [0, 0.1) is 83.1 Å². The van der Waals surface area contributed by atoms with Gasteiger partial charge in [-0.2, -0.15) is 21.9 Å². The van der Waals surface area contributed by atoms with E-state index in [0.717, 1.165) is 0 Å². The highest BCUT2D eigenvalue weighted by Crippen LogP contribution is 2.22. The molecule has 0 radical (unpaired) electrons. The number of rotatable bonds is 4. The van der Waals surface area contributed by atoms with Crippen molar-refractivity contribution in [2.45, 2.75) is 83.1 Å². The molecule has 0 aliphatic rings. The van der Waals surface area contributed by atoms with Gasteiger partial charge in [0.2, 0.25) is 0 Å². The molecule has 0 heterocycles. The molecule has 0 nitrogen and oxygen atoms in total. The van der Waals surface area contributed by atoms with E-state index in [0.29, 0.717) is 0 Å². The topological polar surface area (TPSA) is 0 Å². The predicted molar refractivity (Wildman–Crippen MR) is 167 cm³/mol. The van der Waals surface area contributed by atoms with Crippen LogP contribution in [0.5, 0.6) is 0 Å². The zero-order valence-corrected chi connectivity index (χ0v) is 25.2. The number of hydrogen-bond donors (Lipinski definition) is 0. The molecule has 4 aromatic rings. The Kier molecular flexibility index (Phi) is 7.06. The molecule has 37 heavy (non-hydrogen) atoms. The zero-order valence-electron chi connectivity index (χ0n) is 25.2. The first-order chi connectivity index (χ1) is 17.3. The summed E-state index contributed by atoms with van der Waals surface area (Å²) in [7, 11) is 0. The Labute approximate surface area is 226 Å². The second-order valence-corrected chi connectivity index (χ2v) is 12.0. The van der Waals surface area contributed by atoms with Crippen molar-refractivity contribution in [1.82, 2.24) is 0 Å². The quantitative estimate of drug-likeness (QED) is 0.279. The molecule has 0 atom stereocenters. The van der Waals surface area contributed by atoms with Gasteiger partial charge in [-0.3, -0.25) is 0 Å². The second kappa shape index (κ2) is 9.68. The highest BCUT2D eigenvalue weighted by molar-refractivity contribution is 7.20. The third-order valence-electron chi connectivity index (χ3n) is 9.80. The number of hydrogen-bond acceptors (Lipinski definition) is 0. The van der Waals surface area contributed by atoms with Crippen molar-refractivity contribution < 1.29 is 0 Å². The van der Waals surface area contributed by atoms with Crippen LogP contribution in [0.3, 0.4) is 0 Å². The molecule has 0 fully saturated rings. The fraction of sp³-hybridized carbons (Fsp3) is 0.333. The van der Waals surface area contributed by atoms with Crippen LogP contribution in [-0.4, -0.2) is 6.15 Å². The zero-order chi connectivity index (χ0) is 27.4. The summed E-state index contributed by atoms with van der Waals surface area (Å²) in [5.41, 5.74) is 22.1. The molecule has 0 unspecified atom stereocenters.